The smallest absolute Gasteiger partial charge is 0.224 e. The van der Waals surface area contributed by atoms with Gasteiger partial charge in [0.05, 0.1) is 10.7 Å². The summed E-state index contributed by atoms with van der Waals surface area (Å²) in [7, 11) is 0. The van der Waals surface area contributed by atoms with Crippen LogP contribution in [-0.2, 0) is 9.53 Å². The number of halogens is 2. The molecule has 17 heavy (non-hydrogen) atoms. The summed E-state index contributed by atoms with van der Waals surface area (Å²) < 4.78 is 6.04. The average molecular weight is 321 g/mol. The Balaban J connectivity index is 2.42. The lowest BCUT2D eigenvalue weighted by Crippen LogP contribution is -2.12. The van der Waals surface area contributed by atoms with Gasteiger partial charge in [-0.15, -0.1) is 0 Å². The van der Waals surface area contributed by atoms with Crippen molar-refractivity contribution in [3.05, 3.63) is 27.7 Å². The zero-order chi connectivity index (χ0) is 12.7. The van der Waals surface area contributed by atoms with Crippen molar-refractivity contribution >= 4 is 39.1 Å². The maximum absolute atomic E-state index is 11.6. The number of nitrogens with one attached hydrogen (secondary N) is 1. The molecule has 0 saturated heterocycles. The van der Waals surface area contributed by atoms with Crippen molar-refractivity contribution < 1.29 is 9.53 Å². The van der Waals surface area contributed by atoms with E-state index in [0.717, 1.165) is 4.47 Å². The zero-order valence-electron chi connectivity index (χ0n) is 9.63. The Morgan fingerprint density at radius 1 is 1.53 bits per heavy atom. The number of rotatable bonds is 6. The third-order valence-corrected chi connectivity index (χ3v) is 2.92. The first kappa shape index (κ1) is 14.5. The lowest BCUT2D eigenvalue weighted by atomic mass is 10.2. The molecule has 0 aliphatic heterocycles. The first-order valence-corrected chi connectivity index (χ1v) is 6.63. The maximum Gasteiger partial charge on any atom is 0.224 e. The van der Waals surface area contributed by atoms with E-state index in [1.165, 1.54) is 0 Å². The molecule has 0 spiro atoms. The van der Waals surface area contributed by atoms with Gasteiger partial charge in [-0.1, -0.05) is 27.5 Å². The van der Waals surface area contributed by atoms with Gasteiger partial charge in [0, 0.05) is 24.1 Å². The summed E-state index contributed by atoms with van der Waals surface area (Å²) >= 11 is 9.29. The fourth-order valence-corrected chi connectivity index (χ4v) is 1.81. The molecular formula is C12H15BrClNO2. The van der Waals surface area contributed by atoms with Crippen LogP contribution in [0.4, 0.5) is 5.69 Å². The maximum atomic E-state index is 11.6. The van der Waals surface area contributed by atoms with Crippen LogP contribution >= 0.6 is 27.5 Å². The number of hydrogen-bond donors (Lipinski definition) is 1. The molecule has 0 radical (unpaired) electrons. The van der Waals surface area contributed by atoms with Crippen LogP contribution in [0, 0.1) is 0 Å². The monoisotopic (exact) mass is 319 g/mol. The molecule has 0 saturated carbocycles. The molecule has 0 fully saturated rings. The molecule has 0 heterocycles. The highest BCUT2D eigenvalue weighted by molar-refractivity contribution is 9.10. The highest BCUT2D eigenvalue weighted by Crippen LogP contribution is 2.25. The van der Waals surface area contributed by atoms with Crippen molar-refractivity contribution in [2.24, 2.45) is 0 Å². The van der Waals surface area contributed by atoms with Crippen molar-refractivity contribution in [1.82, 2.24) is 0 Å². The van der Waals surface area contributed by atoms with E-state index >= 15 is 0 Å². The topological polar surface area (TPSA) is 38.3 Å². The number of anilines is 1. The fraction of sp³-hybridized carbons (Fsp3) is 0.417. The molecule has 0 aliphatic rings. The molecule has 3 nitrogen and oxygen atoms in total. The minimum Gasteiger partial charge on any atom is -0.382 e. The summed E-state index contributed by atoms with van der Waals surface area (Å²) in [6, 6.07) is 5.34. The van der Waals surface area contributed by atoms with Crippen LogP contribution in [0.15, 0.2) is 22.7 Å². The minimum atomic E-state index is -0.0512. The minimum absolute atomic E-state index is 0.0512. The fourth-order valence-electron chi connectivity index (χ4n) is 1.29. The normalized spacial score (nSPS) is 10.3. The number of benzene rings is 1. The molecule has 0 aromatic heterocycles. The molecule has 1 N–H and O–H groups in total. The molecule has 1 rings (SSSR count). The van der Waals surface area contributed by atoms with E-state index in [4.69, 9.17) is 16.3 Å². The summed E-state index contributed by atoms with van der Waals surface area (Å²) in [5, 5.41) is 3.31. The second-order valence-corrected chi connectivity index (χ2v) is 4.80. The number of hydrogen-bond acceptors (Lipinski definition) is 2. The Labute approximate surface area is 115 Å². The Bertz CT molecular complexity index is 385. The Morgan fingerprint density at radius 3 is 3.00 bits per heavy atom. The molecule has 1 aromatic carbocycles. The second kappa shape index (κ2) is 7.69. The predicted molar refractivity (Wildman–Crippen MR) is 73.5 cm³/mol. The van der Waals surface area contributed by atoms with Gasteiger partial charge in [-0.2, -0.15) is 0 Å². The lowest BCUT2D eigenvalue weighted by Gasteiger charge is -2.07. The molecule has 94 valence electrons. The average Bonchev–Trinajstić information content (AvgIpc) is 2.29. The van der Waals surface area contributed by atoms with Crippen molar-refractivity contribution in [2.45, 2.75) is 19.8 Å². The van der Waals surface area contributed by atoms with E-state index in [9.17, 15) is 4.79 Å². The van der Waals surface area contributed by atoms with E-state index in [0.29, 0.717) is 36.8 Å². The van der Waals surface area contributed by atoms with Crippen LogP contribution in [0.25, 0.3) is 0 Å². The number of carbonyl (C=O) groups is 1. The number of carbonyl (C=O) groups excluding carboxylic acids is 1. The van der Waals surface area contributed by atoms with Gasteiger partial charge in [-0.05, 0) is 31.5 Å². The van der Waals surface area contributed by atoms with Crippen LogP contribution < -0.4 is 5.32 Å². The van der Waals surface area contributed by atoms with Gasteiger partial charge in [-0.25, -0.2) is 0 Å². The third kappa shape index (κ3) is 5.52. The number of ether oxygens (including phenoxy) is 1. The van der Waals surface area contributed by atoms with Crippen molar-refractivity contribution in [3.63, 3.8) is 0 Å². The van der Waals surface area contributed by atoms with Gasteiger partial charge in [0.2, 0.25) is 5.91 Å². The molecule has 0 unspecified atom stereocenters. The Morgan fingerprint density at radius 2 is 2.29 bits per heavy atom. The molecule has 5 heteroatoms. The first-order chi connectivity index (χ1) is 8.13. The van der Waals surface area contributed by atoms with Crippen LogP contribution in [-0.4, -0.2) is 19.1 Å². The summed E-state index contributed by atoms with van der Waals surface area (Å²) in [4.78, 5) is 11.6. The van der Waals surface area contributed by atoms with Crippen LogP contribution in [0.2, 0.25) is 5.02 Å². The molecule has 0 bridgehead atoms. The van der Waals surface area contributed by atoms with E-state index in [1.807, 2.05) is 13.0 Å². The van der Waals surface area contributed by atoms with E-state index in [-0.39, 0.29) is 5.91 Å². The Hall–Kier alpha value is -0.580. The largest absolute Gasteiger partial charge is 0.382 e. The summed E-state index contributed by atoms with van der Waals surface area (Å²) in [5.41, 5.74) is 0.627. The molecule has 0 aliphatic carbocycles. The molecule has 1 amide bonds. The molecule has 0 atom stereocenters. The SMILES string of the molecule is CCOCCCC(=O)Nc1cc(Br)ccc1Cl. The van der Waals surface area contributed by atoms with Gasteiger partial charge >= 0.3 is 0 Å². The highest BCUT2D eigenvalue weighted by atomic mass is 79.9. The van der Waals surface area contributed by atoms with E-state index in [2.05, 4.69) is 21.2 Å². The second-order valence-electron chi connectivity index (χ2n) is 3.47. The van der Waals surface area contributed by atoms with Gasteiger partial charge in [0.25, 0.3) is 0 Å². The quantitative estimate of drug-likeness (QED) is 0.808. The van der Waals surface area contributed by atoms with E-state index in [1.54, 1.807) is 12.1 Å². The van der Waals surface area contributed by atoms with Crippen molar-refractivity contribution in [3.8, 4) is 0 Å². The third-order valence-electron chi connectivity index (χ3n) is 2.10. The van der Waals surface area contributed by atoms with Crippen LogP contribution in [0.1, 0.15) is 19.8 Å². The van der Waals surface area contributed by atoms with Crippen molar-refractivity contribution in [1.29, 1.82) is 0 Å². The predicted octanol–water partition coefficient (Wildman–Crippen LogP) is 3.86. The zero-order valence-corrected chi connectivity index (χ0v) is 12.0. The summed E-state index contributed by atoms with van der Waals surface area (Å²) in [5.74, 6) is -0.0512. The first-order valence-electron chi connectivity index (χ1n) is 5.46. The standard InChI is InChI=1S/C12H15BrClNO2/c1-2-17-7-3-4-12(16)15-11-8-9(13)5-6-10(11)14/h5-6,8H,2-4,7H2,1H3,(H,15,16). The van der Waals surface area contributed by atoms with Crippen LogP contribution in [0.5, 0.6) is 0 Å². The van der Waals surface area contributed by atoms with Gasteiger partial charge in [0.1, 0.15) is 0 Å². The lowest BCUT2D eigenvalue weighted by molar-refractivity contribution is -0.116. The van der Waals surface area contributed by atoms with Gasteiger partial charge < -0.3 is 10.1 Å². The highest BCUT2D eigenvalue weighted by Gasteiger charge is 2.06. The summed E-state index contributed by atoms with van der Waals surface area (Å²) in [6.45, 7) is 3.22. The molecular weight excluding hydrogens is 305 g/mol. The summed E-state index contributed by atoms with van der Waals surface area (Å²) in [6.07, 6.45) is 1.15. The molecule has 1 aromatic rings. The van der Waals surface area contributed by atoms with Crippen molar-refractivity contribution in [2.75, 3.05) is 18.5 Å². The van der Waals surface area contributed by atoms with E-state index < -0.39 is 0 Å². The van der Waals surface area contributed by atoms with Crippen LogP contribution in [0.3, 0.4) is 0 Å². The number of amides is 1. The van der Waals surface area contributed by atoms with Gasteiger partial charge in [0.15, 0.2) is 0 Å². The Kier molecular flexibility index (Phi) is 6.55. The van der Waals surface area contributed by atoms with Gasteiger partial charge in [-0.3, -0.25) is 4.79 Å².